The molecule has 0 spiro atoms. The fourth-order valence-electron chi connectivity index (χ4n) is 1.37. The van der Waals surface area contributed by atoms with Crippen LogP contribution in [0.1, 0.15) is 13.3 Å². The molecule has 0 saturated carbocycles. The maximum absolute atomic E-state index is 5.49. The van der Waals surface area contributed by atoms with E-state index in [1.165, 1.54) is 0 Å². The Bertz CT molecular complexity index is 357. The standard InChI is InChI=1S/C11H17N3OS/c1-3-14(8-7-9(12)16)10-5-4-6-11(13-10)15-2/h4-6H,3,7-8H2,1-2H3,(H2,12,16). The Hall–Kier alpha value is -1.36. The summed E-state index contributed by atoms with van der Waals surface area (Å²) >= 11 is 4.87. The number of anilines is 1. The molecule has 0 atom stereocenters. The molecule has 0 aliphatic heterocycles. The van der Waals surface area contributed by atoms with Gasteiger partial charge >= 0.3 is 0 Å². The summed E-state index contributed by atoms with van der Waals surface area (Å²) in [4.78, 5) is 7.00. The molecule has 1 aromatic heterocycles. The van der Waals surface area contributed by atoms with Crippen molar-refractivity contribution in [1.82, 2.24) is 4.98 Å². The van der Waals surface area contributed by atoms with Gasteiger partial charge in [-0.3, -0.25) is 0 Å². The summed E-state index contributed by atoms with van der Waals surface area (Å²) in [6, 6.07) is 5.70. The zero-order chi connectivity index (χ0) is 12.0. The number of ether oxygens (including phenoxy) is 1. The fraction of sp³-hybridized carbons (Fsp3) is 0.455. The van der Waals surface area contributed by atoms with Gasteiger partial charge in [0.25, 0.3) is 0 Å². The van der Waals surface area contributed by atoms with E-state index in [1.54, 1.807) is 7.11 Å². The highest BCUT2D eigenvalue weighted by atomic mass is 32.1. The van der Waals surface area contributed by atoms with E-state index >= 15 is 0 Å². The zero-order valence-corrected chi connectivity index (χ0v) is 10.5. The molecule has 0 fully saturated rings. The van der Waals surface area contributed by atoms with Gasteiger partial charge in [0, 0.05) is 25.6 Å². The first-order valence-electron chi connectivity index (χ1n) is 5.21. The normalized spacial score (nSPS) is 9.88. The summed E-state index contributed by atoms with van der Waals surface area (Å²) in [6.45, 7) is 3.72. The maximum atomic E-state index is 5.49. The lowest BCUT2D eigenvalue weighted by Crippen LogP contribution is -2.27. The molecule has 0 aromatic carbocycles. The molecule has 0 amide bonds. The zero-order valence-electron chi connectivity index (χ0n) is 9.64. The number of nitrogens with zero attached hydrogens (tertiary/aromatic N) is 2. The Balaban J connectivity index is 2.73. The van der Waals surface area contributed by atoms with Crippen LogP contribution in [0.3, 0.4) is 0 Å². The predicted molar refractivity (Wildman–Crippen MR) is 70.1 cm³/mol. The van der Waals surface area contributed by atoms with Crippen LogP contribution >= 0.6 is 12.2 Å². The van der Waals surface area contributed by atoms with Gasteiger partial charge < -0.3 is 15.4 Å². The fourth-order valence-corrected chi connectivity index (χ4v) is 1.46. The van der Waals surface area contributed by atoms with Crippen LogP contribution in [-0.4, -0.2) is 30.2 Å². The van der Waals surface area contributed by atoms with Crippen LogP contribution in [0, 0.1) is 0 Å². The summed E-state index contributed by atoms with van der Waals surface area (Å²) in [7, 11) is 1.61. The van der Waals surface area contributed by atoms with Crippen molar-refractivity contribution in [3.63, 3.8) is 0 Å². The van der Waals surface area contributed by atoms with Crippen molar-refractivity contribution < 1.29 is 4.74 Å². The maximum Gasteiger partial charge on any atom is 0.214 e. The van der Waals surface area contributed by atoms with E-state index in [9.17, 15) is 0 Å². The minimum atomic E-state index is 0.529. The van der Waals surface area contributed by atoms with Gasteiger partial charge in [0.2, 0.25) is 5.88 Å². The molecule has 88 valence electrons. The summed E-state index contributed by atoms with van der Waals surface area (Å²) in [5.74, 6) is 1.50. The van der Waals surface area contributed by atoms with E-state index < -0.39 is 0 Å². The molecule has 1 heterocycles. The molecule has 0 aliphatic rings. The van der Waals surface area contributed by atoms with Crippen LogP contribution in [0.15, 0.2) is 18.2 Å². The third-order valence-corrected chi connectivity index (χ3v) is 2.46. The molecule has 1 rings (SSSR count). The lowest BCUT2D eigenvalue weighted by Gasteiger charge is -2.21. The topological polar surface area (TPSA) is 51.4 Å². The van der Waals surface area contributed by atoms with Crippen LogP contribution in [0.2, 0.25) is 0 Å². The molecule has 0 saturated heterocycles. The predicted octanol–water partition coefficient (Wildman–Crippen LogP) is 1.59. The number of nitrogens with two attached hydrogens (primary N) is 1. The van der Waals surface area contributed by atoms with Crippen LogP contribution < -0.4 is 15.4 Å². The van der Waals surface area contributed by atoms with Gasteiger partial charge in [-0.05, 0) is 13.0 Å². The van der Waals surface area contributed by atoms with Crippen molar-refractivity contribution in [2.24, 2.45) is 5.73 Å². The Labute approximate surface area is 101 Å². The summed E-state index contributed by atoms with van der Waals surface area (Å²) in [5.41, 5.74) is 5.49. The number of hydrogen-bond acceptors (Lipinski definition) is 4. The van der Waals surface area contributed by atoms with E-state index in [0.29, 0.717) is 17.3 Å². The van der Waals surface area contributed by atoms with Crippen LogP contribution in [0.5, 0.6) is 5.88 Å². The van der Waals surface area contributed by atoms with E-state index in [-0.39, 0.29) is 0 Å². The largest absolute Gasteiger partial charge is 0.481 e. The highest BCUT2D eigenvalue weighted by Crippen LogP contribution is 2.15. The molecule has 0 aliphatic carbocycles. The van der Waals surface area contributed by atoms with Crippen molar-refractivity contribution in [3.05, 3.63) is 18.2 Å². The van der Waals surface area contributed by atoms with Crippen LogP contribution in [0.4, 0.5) is 5.82 Å². The third kappa shape index (κ3) is 3.66. The second-order valence-corrected chi connectivity index (χ2v) is 3.86. The molecular formula is C11H17N3OS. The Morgan fingerprint density at radius 2 is 2.31 bits per heavy atom. The Morgan fingerprint density at radius 1 is 1.56 bits per heavy atom. The highest BCUT2D eigenvalue weighted by molar-refractivity contribution is 7.80. The lowest BCUT2D eigenvalue weighted by molar-refractivity contribution is 0.398. The summed E-state index contributed by atoms with van der Waals surface area (Å²) in [6.07, 6.45) is 0.696. The van der Waals surface area contributed by atoms with Crippen molar-refractivity contribution in [3.8, 4) is 5.88 Å². The number of pyridine rings is 1. The molecule has 4 nitrogen and oxygen atoms in total. The van der Waals surface area contributed by atoms with Crippen molar-refractivity contribution in [2.45, 2.75) is 13.3 Å². The number of hydrogen-bond donors (Lipinski definition) is 1. The first kappa shape index (κ1) is 12.7. The number of methoxy groups -OCH3 is 1. The molecule has 16 heavy (non-hydrogen) atoms. The summed E-state index contributed by atoms with van der Waals surface area (Å²) in [5, 5.41) is 0. The van der Waals surface area contributed by atoms with Gasteiger partial charge in [-0.15, -0.1) is 0 Å². The average Bonchev–Trinajstić information content (AvgIpc) is 2.30. The lowest BCUT2D eigenvalue weighted by atomic mass is 10.3. The first-order chi connectivity index (χ1) is 7.67. The highest BCUT2D eigenvalue weighted by Gasteiger charge is 2.06. The van der Waals surface area contributed by atoms with Gasteiger partial charge in [-0.25, -0.2) is 0 Å². The van der Waals surface area contributed by atoms with Gasteiger partial charge in [-0.2, -0.15) is 4.98 Å². The number of rotatable bonds is 6. The average molecular weight is 239 g/mol. The number of thiocarbonyl (C=S) groups is 1. The molecule has 5 heteroatoms. The van der Waals surface area contributed by atoms with Gasteiger partial charge in [0.15, 0.2) is 0 Å². The van der Waals surface area contributed by atoms with Crippen molar-refractivity contribution >= 4 is 23.0 Å². The monoisotopic (exact) mass is 239 g/mol. The molecular weight excluding hydrogens is 222 g/mol. The second kappa shape index (κ2) is 6.27. The summed E-state index contributed by atoms with van der Waals surface area (Å²) < 4.78 is 5.09. The van der Waals surface area contributed by atoms with E-state index in [0.717, 1.165) is 18.9 Å². The molecule has 0 radical (unpaired) electrons. The van der Waals surface area contributed by atoms with E-state index in [4.69, 9.17) is 22.7 Å². The van der Waals surface area contributed by atoms with E-state index in [2.05, 4.69) is 16.8 Å². The second-order valence-electron chi connectivity index (χ2n) is 3.33. The molecule has 0 unspecified atom stereocenters. The minimum Gasteiger partial charge on any atom is -0.481 e. The molecule has 0 bridgehead atoms. The third-order valence-electron chi connectivity index (χ3n) is 2.25. The van der Waals surface area contributed by atoms with Crippen LogP contribution in [0.25, 0.3) is 0 Å². The first-order valence-corrected chi connectivity index (χ1v) is 5.62. The van der Waals surface area contributed by atoms with Gasteiger partial charge in [0.1, 0.15) is 5.82 Å². The number of aromatic nitrogens is 1. The Kier molecular flexibility index (Phi) is 4.98. The minimum absolute atomic E-state index is 0.529. The van der Waals surface area contributed by atoms with E-state index in [1.807, 2.05) is 18.2 Å². The van der Waals surface area contributed by atoms with Gasteiger partial charge in [0.05, 0.1) is 12.1 Å². The SMILES string of the molecule is CCN(CCC(N)=S)c1cccc(OC)n1. The Morgan fingerprint density at radius 3 is 2.88 bits per heavy atom. The van der Waals surface area contributed by atoms with Crippen LogP contribution in [-0.2, 0) is 0 Å². The quantitative estimate of drug-likeness (QED) is 0.764. The van der Waals surface area contributed by atoms with Gasteiger partial charge in [-0.1, -0.05) is 18.3 Å². The smallest absolute Gasteiger partial charge is 0.214 e. The molecule has 1 aromatic rings. The molecule has 2 N–H and O–H groups in total. The van der Waals surface area contributed by atoms with Crippen molar-refractivity contribution in [2.75, 3.05) is 25.1 Å². The van der Waals surface area contributed by atoms with Crippen molar-refractivity contribution in [1.29, 1.82) is 0 Å².